The van der Waals surface area contributed by atoms with Crippen LogP contribution in [0, 0.1) is 0 Å². The van der Waals surface area contributed by atoms with Crippen LogP contribution in [0.5, 0.6) is 0 Å². The summed E-state index contributed by atoms with van der Waals surface area (Å²) in [7, 11) is 0. The van der Waals surface area contributed by atoms with E-state index in [-0.39, 0.29) is 13.0 Å². The fourth-order valence-electron chi connectivity index (χ4n) is 1.99. The third-order valence-electron chi connectivity index (χ3n) is 3.09. The van der Waals surface area contributed by atoms with Crippen molar-refractivity contribution < 1.29 is 13.9 Å². The zero-order valence-electron chi connectivity index (χ0n) is 12.9. The molecule has 0 amide bonds. The van der Waals surface area contributed by atoms with E-state index in [4.69, 9.17) is 4.74 Å². The molecule has 0 aliphatic carbocycles. The van der Waals surface area contributed by atoms with E-state index < -0.39 is 25.5 Å². The molecule has 120 valence electrons. The van der Waals surface area contributed by atoms with Crippen molar-refractivity contribution in [2.24, 2.45) is 0 Å². The summed E-state index contributed by atoms with van der Waals surface area (Å²) in [5.74, 6) is -0.776. The van der Waals surface area contributed by atoms with E-state index in [2.05, 4.69) is 0 Å². The SMILES string of the molecule is CCOC(=O)C(F)(C/C=C/c1ccccc1)[Se]c1ccccc1. The van der Waals surface area contributed by atoms with Crippen molar-refractivity contribution >= 4 is 31.5 Å². The van der Waals surface area contributed by atoms with Crippen LogP contribution in [-0.4, -0.2) is 32.1 Å². The first-order valence-corrected chi connectivity index (χ1v) is 9.17. The summed E-state index contributed by atoms with van der Waals surface area (Å²) in [6, 6.07) is 18.9. The van der Waals surface area contributed by atoms with Crippen LogP contribution in [0.4, 0.5) is 4.39 Å². The van der Waals surface area contributed by atoms with Gasteiger partial charge in [-0.15, -0.1) is 0 Å². The third kappa shape index (κ3) is 5.34. The molecule has 0 aliphatic rings. The average molecular weight is 377 g/mol. The van der Waals surface area contributed by atoms with Gasteiger partial charge in [0.1, 0.15) is 0 Å². The zero-order chi connectivity index (χ0) is 16.5. The average Bonchev–Trinajstić information content (AvgIpc) is 2.57. The first-order chi connectivity index (χ1) is 11.1. The Morgan fingerprint density at radius 3 is 2.35 bits per heavy atom. The molecule has 0 radical (unpaired) electrons. The maximum atomic E-state index is 15.3. The van der Waals surface area contributed by atoms with Gasteiger partial charge in [-0.1, -0.05) is 0 Å². The standard InChI is InChI=1S/C19H19FO2Se/c1-2-22-18(21)19(20,23-17-13-7-4-8-14-17)15-9-12-16-10-5-3-6-11-16/h3-14H,2,15H2,1H3/b12-9+. The second-order valence-corrected chi connectivity index (χ2v) is 7.66. The summed E-state index contributed by atoms with van der Waals surface area (Å²) in [4.78, 5) is 12.1. The summed E-state index contributed by atoms with van der Waals surface area (Å²) in [5.41, 5.74) is 0.978. The van der Waals surface area contributed by atoms with Crippen LogP contribution in [0.3, 0.4) is 0 Å². The molecule has 1 atom stereocenters. The van der Waals surface area contributed by atoms with Crippen molar-refractivity contribution in [3.05, 3.63) is 72.3 Å². The Balaban J connectivity index is 2.13. The van der Waals surface area contributed by atoms with Gasteiger partial charge in [0.2, 0.25) is 0 Å². The summed E-state index contributed by atoms with van der Waals surface area (Å²) < 4.78 is 19.1. The number of carbonyl (C=O) groups is 1. The second-order valence-electron chi connectivity index (χ2n) is 4.88. The van der Waals surface area contributed by atoms with E-state index in [1.54, 1.807) is 13.0 Å². The predicted molar refractivity (Wildman–Crippen MR) is 92.4 cm³/mol. The van der Waals surface area contributed by atoms with E-state index in [1.807, 2.05) is 66.7 Å². The van der Waals surface area contributed by atoms with Gasteiger partial charge in [0.15, 0.2) is 0 Å². The normalized spacial score (nSPS) is 13.7. The Morgan fingerprint density at radius 2 is 1.74 bits per heavy atom. The molecule has 0 N–H and O–H groups in total. The van der Waals surface area contributed by atoms with Crippen molar-refractivity contribution in [2.45, 2.75) is 17.9 Å². The van der Waals surface area contributed by atoms with Gasteiger partial charge in [-0.2, -0.15) is 0 Å². The fraction of sp³-hybridized carbons (Fsp3) is 0.211. The Labute approximate surface area is 142 Å². The number of allylic oxidation sites excluding steroid dienone is 1. The molecule has 2 rings (SSSR count). The Bertz CT molecular complexity index is 643. The van der Waals surface area contributed by atoms with Crippen molar-refractivity contribution in [1.82, 2.24) is 0 Å². The molecule has 0 aromatic heterocycles. The van der Waals surface area contributed by atoms with Crippen LogP contribution in [0.15, 0.2) is 66.7 Å². The van der Waals surface area contributed by atoms with Gasteiger partial charge in [0.05, 0.1) is 0 Å². The molecule has 0 bridgehead atoms. The molecule has 0 spiro atoms. The number of rotatable bonds is 7. The molecule has 0 aliphatic heterocycles. The van der Waals surface area contributed by atoms with Gasteiger partial charge in [0.25, 0.3) is 0 Å². The molecule has 0 heterocycles. The minimum absolute atomic E-state index is 0.00955. The first-order valence-electron chi connectivity index (χ1n) is 7.46. The van der Waals surface area contributed by atoms with Crippen LogP contribution >= 0.6 is 0 Å². The van der Waals surface area contributed by atoms with Crippen LogP contribution in [0.2, 0.25) is 0 Å². The Kier molecular flexibility index (Phi) is 6.57. The van der Waals surface area contributed by atoms with E-state index >= 15 is 4.39 Å². The molecule has 0 saturated carbocycles. The topological polar surface area (TPSA) is 26.3 Å². The molecule has 2 aromatic carbocycles. The van der Waals surface area contributed by atoms with Crippen LogP contribution in [-0.2, 0) is 9.53 Å². The van der Waals surface area contributed by atoms with Crippen LogP contribution in [0.25, 0.3) is 6.08 Å². The number of esters is 1. The molecule has 2 nitrogen and oxygen atoms in total. The van der Waals surface area contributed by atoms with Crippen molar-refractivity contribution in [1.29, 1.82) is 0 Å². The van der Waals surface area contributed by atoms with Gasteiger partial charge in [-0.25, -0.2) is 0 Å². The molecule has 1 unspecified atom stereocenters. The Morgan fingerprint density at radius 1 is 1.13 bits per heavy atom. The molecule has 4 heteroatoms. The molecular weight excluding hydrogens is 358 g/mol. The minimum atomic E-state index is -1.99. The second kappa shape index (κ2) is 8.66. The van der Waals surface area contributed by atoms with E-state index in [0.29, 0.717) is 0 Å². The summed E-state index contributed by atoms with van der Waals surface area (Å²) in [6.45, 7) is 1.87. The predicted octanol–water partition coefficient (Wildman–Crippen LogP) is 3.35. The number of ether oxygens (including phenoxy) is 1. The number of alkyl halides is 1. The molecule has 0 fully saturated rings. The number of carbonyl (C=O) groups excluding carboxylic acids is 1. The fourth-order valence-corrected chi connectivity index (χ4v) is 4.07. The Hall–Kier alpha value is -1.90. The summed E-state index contributed by atoms with van der Waals surface area (Å²) >= 11 is -0.651. The van der Waals surface area contributed by atoms with Gasteiger partial charge in [-0.05, 0) is 0 Å². The number of halogens is 1. The molecule has 0 saturated heterocycles. The van der Waals surface area contributed by atoms with E-state index in [1.165, 1.54) is 0 Å². The van der Waals surface area contributed by atoms with E-state index in [0.717, 1.165) is 10.0 Å². The van der Waals surface area contributed by atoms with E-state index in [9.17, 15) is 4.79 Å². The molecule has 23 heavy (non-hydrogen) atoms. The number of hydrogen-bond acceptors (Lipinski definition) is 2. The van der Waals surface area contributed by atoms with Crippen molar-refractivity contribution in [3.8, 4) is 0 Å². The van der Waals surface area contributed by atoms with Gasteiger partial charge >= 0.3 is 142 Å². The van der Waals surface area contributed by atoms with Crippen LogP contribution in [0.1, 0.15) is 18.9 Å². The number of benzene rings is 2. The van der Waals surface area contributed by atoms with Crippen molar-refractivity contribution in [3.63, 3.8) is 0 Å². The van der Waals surface area contributed by atoms with Gasteiger partial charge < -0.3 is 0 Å². The first kappa shape index (κ1) is 17.5. The number of hydrogen-bond donors (Lipinski definition) is 0. The van der Waals surface area contributed by atoms with Crippen molar-refractivity contribution in [2.75, 3.05) is 6.61 Å². The monoisotopic (exact) mass is 378 g/mol. The molecule has 2 aromatic rings. The maximum absolute atomic E-state index is 15.3. The molecular formula is C19H19FO2Se. The summed E-state index contributed by atoms with van der Waals surface area (Å²) in [5, 5.41) is 0. The zero-order valence-corrected chi connectivity index (χ0v) is 14.7. The summed E-state index contributed by atoms with van der Waals surface area (Å²) in [6.07, 6.45) is 3.54. The van der Waals surface area contributed by atoms with Gasteiger partial charge in [0, 0.05) is 0 Å². The van der Waals surface area contributed by atoms with Gasteiger partial charge in [-0.3, -0.25) is 0 Å². The quantitative estimate of drug-likeness (QED) is 0.547. The van der Waals surface area contributed by atoms with Crippen LogP contribution < -0.4 is 4.46 Å². The third-order valence-corrected chi connectivity index (χ3v) is 5.54.